The normalized spacial score (nSPS) is 12.0. The third kappa shape index (κ3) is 33.3. The van der Waals surface area contributed by atoms with Crippen LogP contribution in [-0.4, -0.2) is 37.2 Å². The maximum Gasteiger partial charge on any atom is 0.306 e. The predicted molar refractivity (Wildman–Crippen MR) is 187 cm³/mol. The van der Waals surface area contributed by atoms with Crippen molar-refractivity contribution < 1.29 is 28.6 Å². The lowest BCUT2D eigenvalue weighted by Gasteiger charge is -2.18. The highest BCUT2D eigenvalue weighted by Gasteiger charge is 2.19. The van der Waals surface area contributed by atoms with Crippen LogP contribution in [-0.2, 0) is 28.6 Å². The minimum atomic E-state index is -0.761. The monoisotopic (exact) mass is 637 g/mol. The quantitative estimate of drug-likeness (QED) is 0.0303. The first-order valence-corrected chi connectivity index (χ1v) is 19.2. The molecule has 0 aliphatic heterocycles. The van der Waals surface area contributed by atoms with E-state index in [4.69, 9.17) is 14.2 Å². The van der Waals surface area contributed by atoms with Crippen LogP contribution in [0.1, 0.15) is 201 Å². The van der Waals surface area contributed by atoms with Gasteiger partial charge >= 0.3 is 17.9 Å². The summed E-state index contributed by atoms with van der Waals surface area (Å²) >= 11 is 0. The number of rotatable bonds is 34. The Hall–Kier alpha value is -1.85. The van der Waals surface area contributed by atoms with Gasteiger partial charge in [-0.05, 0) is 38.5 Å². The van der Waals surface area contributed by atoms with E-state index in [9.17, 15) is 14.4 Å². The van der Waals surface area contributed by atoms with Crippen molar-refractivity contribution in [2.24, 2.45) is 0 Å². The van der Waals surface area contributed by atoms with Gasteiger partial charge in [0.25, 0.3) is 0 Å². The van der Waals surface area contributed by atoms with Crippen LogP contribution in [0.5, 0.6) is 0 Å². The van der Waals surface area contributed by atoms with E-state index in [1.165, 1.54) is 96.3 Å². The van der Waals surface area contributed by atoms with Crippen LogP contribution in [0.25, 0.3) is 0 Å². The molecule has 0 aromatic heterocycles. The van der Waals surface area contributed by atoms with Crippen LogP contribution in [0.3, 0.4) is 0 Å². The Morgan fingerprint density at radius 3 is 1.18 bits per heavy atom. The van der Waals surface area contributed by atoms with Crippen molar-refractivity contribution in [2.45, 2.75) is 207 Å². The van der Waals surface area contributed by atoms with E-state index in [0.29, 0.717) is 19.3 Å². The second-order valence-corrected chi connectivity index (χ2v) is 12.8. The molecule has 0 heterocycles. The summed E-state index contributed by atoms with van der Waals surface area (Å²) in [6.45, 7) is 6.50. The lowest BCUT2D eigenvalue weighted by atomic mass is 10.1. The Labute approximate surface area is 278 Å². The van der Waals surface area contributed by atoms with E-state index in [-0.39, 0.29) is 31.1 Å². The lowest BCUT2D eigenvalue weighted by Crippen LogP contribution is -2.30. The van der Waals surface area contributed by atoms with Gasteiger partial charge in [0.05, 0.1) is 0 Å². The molecular weight excluding hydrogens is 564 g/mol. The fourth-order valence-electron chi connectivity index (χ4n) is 5.30. The maximum atomic E-state index is 12.6. The summed E-state index contributed by atoms with van der Waals surface area (Å²) in [6, 6.07) is 0. The van der Waals surface area contributed by atoms with Crippen LogP contribution in [0.4, 0.5) is 0 Å². The zero-order chi connectivity index (χ0) is 33.1. The fraction of sp³-hybridized carbons (Fsp3) is 0.872. The second kappa shape index (κ2) is 35.0. The Morgan fingerprint density at radius 1 is 0.422 bits per heavy atom. The van der Waals surface area contributed by atoms with E-state index in [1.807, 2.05) is 0 Å². The van der Waals surface area contributed by atoms with Crippen molar-refractivity contribution in [1.29, 1.82) is 0 Å². The van der Waals surface area contributed by atoms with Crippen molar-refractivity contribution in [1.82, 2.24) is 0 Å². The molecule has 1 atom stereocenters. The van der Waals surface area contributed by atoms with E-state index in [0.717, 1.165) is 64.2 Å². The van der Waals surface area contributed by atoms with Crippen molar-refractivity contribution in [3.8, 4) is 0 Å². The molecule has 0 fully saturated rings. The first-order chi connectivity index (χ1) is 22.0. The molecule has 264 valence electrons. The zero-order valence-electron chi connectivity index (χ0n) is 29.9. The fourth-order valence-corrected chi connectivity index (χ4v) is 5.30. The average molecular weight is 637 g/mol. The SMILES string of the molecule is CCCC/C=C\CCCCCCCC(=O)OCC(COC(=O)CCCCCCCC)OC(=O)CCCCCCCCCCCC. The molecule has 0 rings (SSSR count). The van der Waals surface area contributed by atoms with Gasteiger partial charge in [0.2, 0.25) is 0 Å². The number of esters is 3. The highest BCUT2D eigenvalue weighted by molar-refractivity contribution is 5.71. The number of hydrogen-bond donors (Lipinski definition) is 0. The van der Waals surface area contributed by atoms with Crippen molar-refractivity contribution in [3.63, 3.8) is 0 Å². The molecule has 0 N–H and O–H groups in total. The number of ether oxygens (including phenoxy) is 3. The van der Waals surface area contributed by atoms with Gasteiger partial charge in [-0.1, -0.05) is 155 Å². The number of hydrogen-bond acceptors (Lipinski definition) is 6. The van der Waals surface area contributed by atoms with Gasteiger partial charge in [0, 0.05) is 19.3 Å². The summed E-state index contributed by atoms with van der Waals surface area (Å²) < 4.78 is 16.5. The molecule has 45 heavy (non-hydrogen) atoms. The van der Waals surface area contributed by atoms with Gasteiger partial charge in [0.1, 0.15) is 13.2 Å². The van der Waals surface area contributed by atoms with E-state index in [2.05, 4.69) is 32.9 Å². The molecule has 0 aliphatic rings. The van der Waals surface area contributed by atoms with Crippen LogP contribution in [0.15, 0.2) is 12.2 Å². The number of carbonyl (C=O) groups is 3. The molecule has 0 saturated carbocycles. The summed E-state index contributed by atoms with van der Waals surface area (Å²) in [5.74, 6) is -0.894. The first-order valence-electron chi connectivity index (χ1n) is 19.2. The molecule has 0 amide bonds. The summed E-state index contributed by atoms with van der Waals surface area (Å²) in [7, 11) is 0. The summed E-state index contributed by atoms with van der Waals surface area (Å²) in [4.78, 5) is 37.2. The van der Waals surface area contributed by atoms with Crippen molar-refractivity contribution in [2.75, 3.05) is 13.2 Å². The lowest BCUT2D eigenvalue weighted by molar-refractivity contribution is -0.167. The Balaban J connectivity index is 4.33. The molecule has 6 heteroatoms. The Kier molecular flexibility index (Phi) is 33.6. The zero-order valence-corrected chi connectivity index (χ0v) is 29.9. The van der Waals surface area contributed by atoms with E-state index in [1.54, 1.807) is 0 Å². The summed E-state index contributed by atoms with van der Waals surface area (Å²) in [5.41, 5.74) is 0. The highest BCUT2D eigenvalue weighted by atomic mass is 16.6. The number of unbranched alkanes of at least 4 members (excludes halogenated alkanes) is 21. The number of allylic oxidation sites excluding steroid dienone is 2. The summed E-state index contributed by atoms with van der Waals surface area (Å²) in [6.07, 6.45) is 33.5. The molecule has 1 unspecified atom stereocenters. The summed E-state index contributed by atoms with van der Waals surface area (Å²) in [5, 5.41) is 0. The standard InChI is InChI=1S/C39H72O6/c1-4-7-10-13-16-18-20-22-23-26-29-32-38(41)44-35-36(34-43-37(40)31-28-25-15-12-9-6-3)45-39(42)33-30-27-24-21-19-17-14-11-8-5-2/h13,16,36H,4-12,14-15,17-35H2,1-3H3/b16-13-. The van der Waals surface area contributed by atoms with Crippen molar-refractivity contribution >= 4 is 17.9 Å². The van der Waals surface area contributed by atoms with E-state index >= 15 is 0 Å². The van der Waals surface area contributed by atoms with Crippen LogP contribution in [0.2, 0.25) is 0 Å². The molecule has 0 aliphatic carbocycles. The average Bonchev–Trinajstić information content (AvgIpc) is 3.03. The first kappa shape index (κ1) is 43.1. The molecule has 6 nitrogen and oxygen atoms in total. The van der Waals surface area contributed by atoms with Crippen LogP contribution >= 0.6 is 0 Å². The van der Waals surface area contributed by atoms with Gasteiger partial charge < -0.3 is 14.2 Å². The third-order valence-electron chi connectivity index (χ3n) is 8.27. The predicted octanol–water partition coefficient (Wildman–Crippen LogP) is 11.5. The Bertz CT molecular complexity index is 704. The van der Waals surface area contributed by atoms with Crippen LogP contribution in [0, 0.1) is 0 Å². The van der Waals surface area contributed by atoms with Gasteiger partial charge in [-0.3, -0.25) is 14.4 Å². The molecule has 0 bridgehead atoms. The van der Waals surface area contributed by atoms with Gasteiger partial charge in [-0.2, -0.15) is 0 Å². The molecular formula is C39H72O6. The van der Waals surface area contributed by atoms with Gasteiger partial charge in [0.15, 0.2) is 6.10 Å². The topological polar surface area (TPSA) is 78.9 Å². The molecule has 0 saturated heterocycles. The number of carbonyl (C=O) groups excluding carboxylic acids is 3. The van der Waals surface area contributed by atoms with Crippen LogP contribution < -0.4 is 0 Å². The maximum absolute atomic E-state index is 12.6. The van der Waals surface area contributed by atoms with E-state index < -0.39 is 6.10 Å². The minimum absolute atomic E-state index is 0.0708. The molecule has 0 aromatic carbocycles. The minimum Gasteiger partial charge on any atom is -0.462 e. The molecule has 0 spiro atoms. The van der Waals surface area contributed by atoms with Gasteiger partial charge in [-0.15, -0.1) is 0 Å². The Morgan fingerprint density at radius 2 is 0.756 bits per heavy atom. The second-order valence-electron chi connectivity index (χ2n) is 12.8. The van der Waals surface area contributed by atoms with Crippen molar-refractivity contribution in [3.05, 3.63) is 12.2 Å². The largest absolute Gasteiger partial charge is 0.462 e. The highest BCUT2D eigenvalue weighted by Crippen LogP contribution is 2.13. The van der Waals surface area contributed by atoms with Gasteiger partial charge in [-0.25, -0.2) is 0 Å². The smallest absolute Gasteiger partial charge is 0.306 e. The third-order valence-corrected chi connectivity index (χ3v) is 8.27. The molecule has 0 aromatic rings. The molecule has 0 radical (unpaired) electrons.